The number of rotatable bonds is 3. The topological polar surface area (TPSA) is 106 Å². The van der Waals surface area contributed by atoms with Crippen LogP contribution in [-0.2, 0) is 11.3 Å². The number of halogens is 4. The molecule has 1 aromatic carbocycles. The number of nitrogens with zero attached hydrogens (tertiary/aromatic N) is 3. The van der Waals surface area contributed by atoms with Crippen molar-refractivity contribution in [2.45, 2.75) is 12.7 Å². The van der Waals surface area contributed by atoms with Gasteiger partial charge in [-0.2, -0.15) is 18.3 Å². The SMILES string of the molecule is O=C(O)C(F)(F)F.O=c1cc(N2CCNCC2)cnn1Cc1cc2c(cc1Cl)OCO2. The Morgan fingerprint density at radius 2 is 1.81 bits per heavy atom. The molecule has 1 fully saturated rings. The van der Waals surface area contributed by atoms with Crippen molar-refractivity contribution in [1.82, 2.24) is 15.1 Å². The highest BCUT2D eigenvalue weighted by atomic mass is 35.5. The molecular weight excluding hydrogens is 445 g/mol. The quantitative estimate of drug-likeness (QED) is 0.710. The summed E-state index contributed by atoms with van der Waals surface area (Å²) in [6.07, 6.45) is -3.35. The molecule has 4 rings (SSSR count). The first-order chi connectivity index (χ1) is 14.6. The predicted molar refractivity (Wildman–Crippen MR) is 104 cm³/mol. The van der Waals surface area contributed by atoms with E-state index in [-0.39, 0.29) is 18.9 Å². The third-order valence-electron chi connectivity index (χ3n) is 4.44. The molecule has 1 aromatic heterocycles. The first-order valence-electron chi connectivity index (χ1n) is 9.06. The summed E-state index contributed by atoms with van der Waals surface area (Å²) in [6, 6.07) is 5.13. The maximum atomic E-state index is 12.4. The molecule has 1 saturated heterocycles. The van der Waals surface area contributed by atoms with Crippen LogP contribution in [0.25, 0.3) is 0 Å². The highest BCUT2D eigenvalue weighted by Crippen LogP contribution is 2.36. The van der Waals surface area contributed by atoms with Crippen molar-refractivity contribution in [3.8, 4) is 11.5 Å². The number of alkyl halides is 3. The van der Waals surface area contributed by atoms with E-state index >= 15 is 0 Å². The standard InChI is InChI=1S/C16H17ClN4O3.C2HF3O2/c17-13-7-15-14(23-10-24-15)5-11(13)9-21-16(22)6-12(8-19-21)20-3-1-18-2-4-20;3-2(4,5)1(6)7/h5-8,18H,1-4,9-10H2;(H,6,7). The third-order valence-corrected chi connectivity index (χ3v) is 4.79. The monoisotopic (exact) mass is 462 g/mol. The normalized spacial score (nSPS) is 15.3. The number of hydrogen-bond acceptors (Lipinski definition) is 7. The zero-order chi connectivity index (χ0) is 22.6. The molecule has 2 N–H and O–H groups in total. The van der Waals surface area contributed by atoms with E-state index in [0.29, 0.717) is 16.5 Å². The number of anilines is 1. The van der Waals surface area contributed by atoms with Gasteiger partial charge in [0.15, 0.2) is 11.5 Å². The second-order valence-electron chi connectivity index (χ2n) is 6.55. The van der Waals surface area contributed by atoms with Crippen molar-refractivity contribution in [2.24, 2.45) is 0 Å². The van der Waals surface area contributed by atoms with Gasteiger partial charge in [0.25, 0.3) is 5.56 Å². The van der Waals surface area contributed by atoms with Crippen molar-refractivity contribution in [3.63, 3.8) is 0 Å². The lowest BCUT2D eigenvalue weighted by Crippen LogP contribution is -2.44. The van der Waals surface area contributed by atoms with Gasteiger partial charge in [0, 0.05) is 43.3 Å². The number of fused-ring (bicyclic) bond motifs is 1. The molecule has 0 saturated carbocycles. The summed E-state index contributed by atoms with van der Waals surface area (Å²) >= 11 is 6.27. The summed E-state index contributed by atoms with van der Waals surface area (Å²) in [5, 5.41) is 15.2. The van der Waals surface area contributed by atoms with Gasteiger partial charge < -0.3 is 24.8 Å². The van der Waals surface area contributed by atoms with Crippen LogP contribution in [0.15, 0.2) is 29.2 Å². The number of nitrogens with one attached hydrogen (secondary N) is 1. The lowest BCUT2D eigenvalue weighted by atomic mass is 10.2. The number of carboxylic acids is 1. The number of carboxylic acid groups (broad SMARTS) is 1. The molecule has 0 spiro atoms. The molecule has 0 amide bonds. The van der Waals surface area contributed by atoms with Gasteiger partial charge in [-0.25, -0.2) is 9.48 Å². The summed E-state index contributed by atoms with van der Waals surface area (Å²) in [7, 11) is 0. The maximum absolute atomic E-state index is 12.4. The Labute approximate surface area is 178 Å². The summed E-state index contributed by atoms with van der Waals surface area (Å²) in [4.78, 5) is 23.4. The zero-order valence-corrected chi connectivity index (χ0v) is 16.7. The molecule has 168 valence electrons. The van der Waals surface area contributed by atoms with E-state index in [1.165, 1.54) is 4.68 Å². The fraction of sp³-hybridized carbons (Fsp3) is 0.389. The Morgan fingerprint density at radius 1 is 1.19 bits per heavy atom. The minimum absolute atomic E-state index is 0.153. The smallest absolute Gasteiger partial charge is 0.475 e. The molecule has 0 bridgehead atoms. The molecule has 0 unspecified atom stereocenters. The van der Waals surface area contributed by atoms with Gasteiger partial charge in [0.1, 0.15) is 0 Å². The molecule has 3 heterocycles. The first kappa shape index (κ1) is 22.7. The second kappa shape index (κ2) is 9.43. The number of piperazine rings is 1. The van der Waals surface area contributed by atoms with Crippen LogP contribution in [0.4, 0.5) is 18.9 Å². The lowest BCUT2D eigenvalue weighted by Gasteiger charge is -2.28. The molecule has 0 radical (unpaired) electrons. The van der Waals surface area contributed by atoms with Gasteiger partial charge in [0.05, 0.1) is 18.4 Å². The number of aliphatic carboxylic acids is 1. The number of benzene rings is 1. The highest BCUT2D eigenvalue weighted by molar-refractivity contribution is 6.31. The fourth-order valence-corrected chi connectivity index (χ4v) is 3.09. The largest absolute Gasteiger partial charge is 0.490 e. The molecule has 9 nitrogen and oxygen atoms in total. The van der Waals surface area contributed by atoms with Crippen molar-refractivity contribution in [3.05, 3.63) is 45.3 Å². The number of aromatic nitrogens is 2. The Kier molecular flexibility index (Phi) is 6.91. The molecule has 0 aliphatic carbocycles. The van der Waals surface area contributed by atoms with Crippen LogP contribution in [0, 0.1) is 0 Å². The van der Waals surface area contributed by atoms with E-state index in [9.17, 15) is 18.0 Å². The van der Waals surface area contributed by atoms with Gasteiger partial charge in [-0.1, -0.05) is 11.6 Å². The van der Waals surface area contributed by atoms with Gasteiger partial charge in [0.2, 0.25) is 6.79 Å². The molecular formula is C18H18ClF3N4O5. The summed E-state index contributed by atoms with van der Waals surface area (Å²) < 4.78 is 43.8. The van der Waals surface area contributed by atoms with Crippen molar-refractivity contribution < 1.29 is 32.5 Å². The van der Waals surface area contributed by atoms with Crippen LogP contribution in [-0.4, -0.2) is 60.0 Å². The van der Waals surface area contributed by atoms with Crippen molar-refractivity contribution in [1.29, 1.82) is 0 Å². The van der Waals surface area contributed by atoms with Crippen LogP contribution in [0.2, 0.25) is 5.02 Å². The van der Waals surface area contributed by atoms with Crippen molar-refractivity contribution in [2.75, 3.05) is 37.9 Å². The number of hydrogen-bond donors (Lipinski definition) is 2. The van der Waals surface area contributed by atoms with Crippen LogP contribution < -0.4 is 25.2 Å². The van der Waals surface area contributed by atoms with E-state index in [4.69, 9.17) is 31.0 Å². The molecule has 2 aliphatic heterocycles. The summed E-state index contributed by atoms with van der Waals surface area (Å²) in [6.45, 7) is 4.05. The van der Waals surface area contributed by atoms with Crippen molar-refractivity contribution >= 4 is 23.3 Å². The Balaban J connectivity index is 0.000000339. The predicted octanol–water partition coefficient (Wildman–Crippen LogP) is 1.72. The van der Waals surface area contributed by atoms with E-state index in [0.717, 1.165) is 37.4 Å². The molecule has 0 atom stereocenters. The van der Waals surface area contributed by atoms with E-state index in [1.54, 1.807) is 24.4 Å². The molecule has 31 heavy (non-hydrogen) atoms. The molecule has 2 aliphatic rings. The van der Waals surface area contributed by atoms with Gasteiger partial charge in [-0.15, -0.1) is 0 Å². The second-order valence-corrected chi connectivity index (χ2v) is 6.95. The minimum Gasteiger partial charge on any atom is -0.475 e. The average molecular weight is 463 g/mol. The van der Waals surface area contributed by atoms with Gasteiger partial charge >= 0.3 is 12.1 Å². The summed E-state index contributed by atoms with van der Waals surface area (Å²) in [5.74, 6) is -1.49. The van der Waals surface area contributed by atoms with E-state index in [1.807, 2.05) is 0 Å². The molecule has 2 aromatic rings. The number of carbonyl (C=O) groups is 1. The van der Waals surface area contributed by atoms with Crippen LogP contribution in [0.5, 0.6) is 11.5 Å². The van der Waals surface area contributed by atoms with Gasteiger partial charge in [-0.05, 0) is 11.6 Å². The van der Waals surface area contributed by atoms with Crippen LogP contribution in [0.1, 0.15) is 5.56 Å². The third kappa shape index (κ3) is 5.79. The van der Waals surface area contributed by atoms with Crippen LogP contribution >= 0.6 is 11.6 Å². The van der Waals surface area contributed by atoms with Gasteiger partial charge in [-0.3, -0.25) is 4.79 Å². The maximum Gasteiger partial charge on any atom is 0.490 e. The summed E-state index contributed by atoms with van der Waals surface area (Å²) in [5.41, 5.74) is 1.47. The fourth-order valence-electron chi connectivity index (χ4n) is 2.88. The first-order valence-corrected chi connectivity index (χ1v) is 9.44. The average Bonchev–Trinajstić information content (AvgIpc) is 3.17. The lowest BCUT2D eigenvalue weighted by molar-refractivity contribution is -0.192. The Morgan fingerprint density at radius 3 is 2.39 bits per heavy atom. The van der Waals surface area contributed by atoms with E-state index in [2.05, 4.69) is 15.3 Å². The number of ether oxygens (including phenoxy) is 2. The zero-order valence-electron chi connectivity index (χ0n) is 16.0. The highest BCUT2D eigenvalue weighted by Gasteiger charge is 2.38. The minimum atomic E-state index is -5.08. The molecule has 13 heteroatoms. The Bertz CT molecular complexity index is 1010. The van der Waals surface area contributed by atoms with Crippen LogP contribution in [0.3, 0.4) is 0 Å². The Hall–Kier alpha value is -2.99. The van der Waals surface area contributed by atoms with E-state index < -0.39 is 12.1 Å².